The normalized spacial score (nSPS) is 10.5. The SMILES string of the molecule is COC(=O)c1cn(NC(=O)c2ccc(Br)c(OC)c2)c(=O)c2ccccc12. The van der Waals surface area contributed by atoms with Gasteiger partial charge in [0.2, 0.25) is 0 Å². The number of fused-ring (bicyclic) bond motifs is 1. The number of nitrogens with one attached hydrogen (secondary N) is 1. The Hall–Kier alpha value is -3.13. The van der Waals surface area contributed by atoms with Crippen molar-refractivity contribution < 1.29 is 19.1 Å². The number of pyridine rings is 1. The van der Waals surface area contributed by atoms with Crippen LogP contribution >= 0.6 is 15.9 Å². The number of carbonyl (C=O) groups is 2. The molecular weight excluding hydrogens is 416 g/mol. The summed E-state index contributed by atoms with van der Waals surface area (Å²) in [6.07, 6.45) is 1.25. The van der Waals surface area contributed by atoms with Crippen LogP contribution < -0.4 is 15.7 Å². The first-order valence-electron chi connectivity index (χ1n) is 7.84. The summed E-state index contributed by atoms with van der Waals surface area (Å²) in [5.74, 6) is -0.669. The van der Waals surface area contributed by atoms with Crippen LogP contribution in [0.25, 0.3) is 10.8 Å². The fraction of sp³-hybridized carbons (Fsp3) is 0.105. The van der Waals surface area contributed by atoms with Gasteiger partial charge in [0.1, 0.15) is 5.75 Å². The monoisotopic (exact) mass is 430 g/mol. The summed E-state index contributed by atoms with van der Waals surface area (Å²) in [6.45, 7) is 0. The van der Waals surface area contributed by atoms with Gasteiger partial charge in [-0.15, -0.1) is 0 Å². The van der Waals surface area contributed by atoms with Crippen LogP contribution in [0, 0.1) is 0 Å². The lowest BCUT2D eigenvalue weighted by Crippen LogP contribution is -2.33. The second kappa shape index (κ2) is 7.63. The highest BCUT2D eigenvalue weighted by molar-refractivity contribution is 9.10. The number of ether oxygens (including phenoxy) is 2. The third-order valence-electron chi connectivity index (χ3n) is 3.97. The zero-order chi connectivity index (χ0) is 19.6. The number of esters is 1. The minimum Gasteiger partial charge on any atom is -0.496 e. The summed E-state index contributed by atoms with van der Waals surface area (Å²) in [5.41, 5.74) is 2.49. The third-order valence-corrected chi connectivity index (χ3v) is 4.62. The van der Waals surface area contributed by atoms with E-state index in [1.165, 1.54) is 26.5 Å². The lowest BCUT2D eigenvalue weighted by molar-refractivity contribution is 0.0601. The molecule has 3 aromatic rings. The Morgan fingerprint density at radius 1 is 1.07 bits per heavy atom. The molecule has 1 N–H and O–H groups in total. The highest BCUT2D eigenvalue weighted by Crippen LogP contribution is 2.25. The molecule has 0 atom stereocenters. The minimum absolute atomic E-state index is 0.168. The smallest absolute Gasteiger partial charge is 0.340 e. The first-order valence-corrected chi connectivity index (χ1v) is 8.63. The van der Waals surface area contributed by atoms with Crippen molar-refractivity contribution in [1.82, 2.24) is 4.68 Å². The predicted octanol–water partition coefficient (Wildman–Crippen LogP) is 2.94. The Bertz CT molecular complexity index is 1110. The Morgan fingerprint density at radius 2 is 1.78 bits per heavy atom. The van der Waals surface area contributed by atoms with Gasteiger partial charge in [0.15, 0.2) is 0 Å². The highest BCUT2D eigenvalue weighted by Gasteiger charge is 2.17. The Morgan fingerprint density at radius 3 is 2.44 bits per heavy atom. The van der Waals surface area contributed by atoms with Crippen molar-refractivity contribution in [3.8, 4) is 5.75 Å². The molecule has 0 spiro atoms. The molecule has 27 heavy (non-hydrogen) atoms. The zero-order valence-corrected chi connectivity index (χ0v) is 16.1. The van der Waals surface area contributed by atoms with E-state index < -0.39 is 17.4 Å². The van der Waals surface area contributed by atoms with Crippen molar-refractivity contribution in [3.63, 3.8) is 0 Å². The average molecular weight is 431 g/mol. The Labute approximate surface area is 162 Å². The summed E-state index contributed by atoms with van der Waals surface area (Å²) < 4.78 is 11.6. The van der Waals surface area contributed by atoms with Crippen LogP contribution in [0.3, 0.4) is 0 Å². The predicted molar refractivity (Wildman–Crippen MR) is 104 cm³/mol. The van der Waals surface area contributed by atoms with Crippen LogP contribution in [0.2, 0.25) is 0 Å². The van der Waals surface area contributed by atoms with Crippen molar-refractivity contribution in [2.45, 2.75) is 0 Å². The zero-order valence-electron chi connectivity index (χ0n) is 14.5. The fourth-order valence-electron chi connectivity index (χ4n) is 2.62. The highest BCUT2D eigenvalue weighted by atomic mass is 79.9. The largest absolute Gasteiger partial charge is 0.496 e. The van der Waals surface area contributed by atoms with Crippen LogP contribution in [0.4, 0.5) is 0 Å². The van der Waals surface area contributed by atoms with E-state index in [-0.39, 0.29) is 16.5 Å². The van der Waals surface area contributed by atoms with E-state index in [1.807, 2.05) is 0 Å². The number of amides is 1. The first kappa shape index (κ1) is 18.7. The Balaban J connectivity index is 2.07. The molecule has 0 saturated heterocycles. The van der Waals surface area contributed by atoms with E-state index in [9.17, 15) is 14.4 Å². The fourth-order valence-corrected chi connectivity index (χ4v) is 3.03. The molecule has 7 nitrogen and oxygen atoms in total. The van der Waals surface area contributed by atoms with Gasteiger partial charge in [0.25, 0.3) is 11.5 Å². The maximum Gasteiger partial charge on any atom is 0.340 e. The molecule has 2 aromatic carbocycles. The molecule has 0 saturated carbocycles. The number of hydrogen-bond donors (Lipinski definition) is 1. The van der Waals surface area contributed by atoms with Gasteiger partial charge in [-0.2, -0.15) is 0 Å². The number of nitrogens with zero attached hydrogens (tertiary/aromatic N) is 1. The molecule has 0 aliphatic rings. The lowest BCUT2D eigenvalue weighted by atomic mass is 10.1. The summed E-state index contributed by atoms with van der Waals surface area (Å²) in [7, 11) is 2.73. The van der Waals surface area contributed by atoms with Crippen LogP contribution in [-0.4, -0.2) is 30.8 Å². The van der Waals surface area contributed by atoms with Crippen LogP contribution in [0.15, 0.2) is 57.9 Å². The van der Waals surface area contributed by atoms with Crippen molar-refractivity contribution in [3.05, 3.63) is 74.6 Å². The molecule has 8 heteroatoms. The summed E-state index contributed by atoms with van der Waals surface area (Å²) in [5, 5.41) is 0.735. The van der Waals surface area contributed by atoms with Crippen molar-refractivity contribution >= 4 is 38.6 Å². The van der Waals surface area contributed by atoms with Crippen molar-refractivity contribution in [2.75, 3.05) is 19.6 Å². The van der Waals surface area contributed by atoms with Gasteiger partial charge in [0.05, 0.1) is 24.3 Å². The molecule has 1 amide bonds. The lowest BCUT2D eigenvalue weighted by Gasteiger charge is -2.13. The van der Waals surface area contributed by atoms with Crippen LogP contribution in [0.5, 0.6) is 5.75 Å². The van der Waals surface area contributed by atoms with Gasteiger partial charge in [-0.25, -0.2) is 9.47 Å². The molecular formula is C19H15BrN2O5. The van der Waals surface area contributed by atoms with Crippen LogP contribution in [-0.2, 0) is 4.74 Å². The second-order valence-electron chi connectivity index (χ2n) is 5.55. The number of aromatic nitrogens is 1. The summed E-state index contributed by atoms with van der Waals surface area (Å²) in [6, 6.07) is 11.4. The third kappa shape index (κ3) is 3.56. The second-order valence-corrected chi connectivity index (χ2v) is 6.40. The molecule has 138 valence electrons. The molecule has 0 aliphatic carbocycles. The maximum atomic E-state index is 12.7. The van der Waals surface area contributed by atoms with Crippen molar-refractivity contribution in [2.24, 2.45) is 0 Å². The van der Waals surface area contributed by atoms with E-state index in [1.54, 1.807) is 36.4 Å². The number of rotatable bonds is 4. The van der Waals surface area contributed by atoms with Gasteiger partial charge in [-0.05, 0) is 40.2 Å². The number of methoxy groups -OCH3 is 2. The average Bonchev–Trinajstić information content (AvgIpc) is 2.69. The molecule has 0 bridgehead atoms. The van der Waals surface area contributed by atoms with Gasteiger partial charge in [0, 0.05) is 22.5 Å². The van der Waals surface area contributed by atoms with Crippen LogP contribution in [0.1, 0.15) is 20.7 Å². The topological polar surface area (TPSA) is 86.6 Å². The van der Waals surface area contributed by atoms with Gasteiger partial charge in [-0.1, -0.05) is 18.2 Å². The van der Waals surface area contributed by atoms with E-state index in [0.717, 1.165) is 4.68 Å². The number of hydrogen-bond acceptors (Lipinski definition) is 5. The van der Waals surface area contributed by atoms with Gasteiger partial charge >= 0.3 is 5.97 Å². The molecule has 0 radical (unpaired) electrons. The standard InChI is InChI=1S/C19H15BrN2O5/c1-26-16-9-11(7-8-15(16)20)17(23)21-22-10-14(19(25)27-2)12-5-3-4-6-13(12)18(22)24/h3-10H,1-2H3,(H,21,23). The van der Waals surface area contributed by atoms with Crippen molar-refractivity contribution in [1.29, 1.82) is 0 Å². The maximum absolute atomic E-state index is 12.7. The molecule has 0 aliphatic heterocycles. The molecule has 3 rings (SSSR count). The number of halogens is 1. The van der Waals surface area contributed by atoms with E-state index in [2.05, 4.69) is 21.4 Å². The molecule has 0 unspecified atom stereocenters. The number of carbonyl (C=O) groups excluding carboxylic acids is 2. The summed E-state index contributed by atoms with van der Waals surface area (Å²) >= 11 is 3.32. The first-order chi connectivity index (χ1) is 13.0. The molecule has 1 heterocycles. The molecule has 1 aromatic heterocycles. The molecule has 0 fully saturated rings. The quantitative estimate of drug-likeness (QED) is 0.642. The van der Waals surface area contributed by atoms with E-state index in [0.29, 0.717) is 15.6 Å². The number of benzene rings is 2. The van der Waals surface area contributed by atoms with Gasteiger partial charge in [-0.3, -0.25) is 15.0 Å². The minimum atomic E-state index is -0.612. The van der Waals surface area contributed by atoms with E-state index in [4.69, 9.17) is 9.47 Å². The Kier molecular flexibility index (Phi) is 5.27. The van der Waals surface area contributed by atoms with E-state index >= 15 is 0 Å². The summed E-state index contributed by atoms with van der Waals surface area (Å²) in [4.78, 5) is 37.4. The van der Waals surface area contributed by atoms with Gasteiger partial charge < -0.3 is 9.47 Å².